The molecule has 29 heavy (non-hydrogen) atoms. The molecule has 0 aliphatic carbocycles. The minimum Gasteiger partial charge on any atom is -0.497 e. The van der Waals surface area contributed by atoms with Gasteiger partial charge >= 0.3 is 0 Å². The van der Waals surface area contributed by atoms with E-state index in [1.807, 2.05) is 35.8 Å². The number of thioether (sulfide) groups is 1. The molecular formula is C21H23FN4O2S. The molecule has 1 amide bonds. The molecule has 1 aromatic heterocycles. The van der Waals surface area contributed by atoms with Crippen LogP contribution < -0.4 is 10.1 Å². The number of carbonyl (C=O) groups is 1. The minimum absolute atomic E-state index is 0.146. The normalized spacial score (nSPS) is 10.8. The Bertz CT molecular complexity index is 989. The summed E-state index contributed by atoms with van der Waals surface area (Å²) in [4.78, 5) is 12.2. The summed E-state index contributed by atoms with van der Waals surface area (Å²) in [5.74, 6) is 1.31. The Morgan fingerprint density at radius 1 is 1.21 bits per heavy atom. The van der Waals surface area contributed by atoms with Crippen LogP contribution in [0.2, 0.25) is 0 Å². The number of benzene rings is 2. The number of carbonyl (C=O) groups excluding carboxylic acids is 1. The smallest absolute Gasteiger partial charge is 0.230 e. The van der Waals surface area contributed by atoms with Gasteiger partial charge in [0.05, 0.1) is 12.9 Å². The third-order valence-corrected chi connectivity index (χ3v) is 5.41. The van der Waals surface area contributed by atoms with Crippen molar-refractivity contribution in [2.75, 3.05) is 12.9 Å². The van der Waals surface area contributed by atoms with Crippen molar-refractivity contribution < 1.29 is 13.9 Å². The van der Waals surface area contributed by atoms with Crippen molar-refractivity contribution in [1.29, 1.82) is 0 Å². The van der Waals surface area contributed by atoms with E-state index in [2.05, 4.69) is 15.5 Å². The maximum absolute atomic E-state index is 13.6. The maximum Gasteiger partial charge on any atom is 0.230 e. The number of amides is 1. The summed E-state index contributed by atoms with van der Waals surface area (Å²) < 4.78 is 20.8. The molecule has 0 aliphatic heterocycles. The second-order valence-electron chi connectivity index (χ2n) is 6.43. The molecule has 3 rings (SSSR count). The molecule has 0 bridgehead atoms. The van der Waals surface area contributed by atoms with Crippen LogP contribution in [0.3, 0.4) is 0 Å². The number of rotatable bonds is 8. The second kappa shape index (κ2) is 9.56. The SMILES string of the molecule is CCn1c(SCC(=O)NCc2ccc(C)c(F)c2)nnc1-c1ccc(OC)cc1. The summed E-state index contributed by atoms with van der Waals surface area (Å²) in [6.07, 6.45) is 0. The number of ether oxygens (including phenoxy) is 1. The van der Waals surface area contributed by atoms with Gasteiger partial charge in [0.25, 0.3) is 0 Å². The van der Waals surface area contributed by atoms with Crippen molar-refractivity contribution in [3.05, 3.63) is 59.4 Å². The Hall–Kier alpha value is -2.87. The number of methoxy groups -OCH3 is 1. The summed E-state index contributed by atoms with van der Waals surface area (Å²) in [5.41, 5.74) is 2.24. The van der Waals surface area contributed by atoms with Crippen LogP contribution in [-0.4, -0.2) is 33.5 Å². The standard InChI is InChI=1S/C21H23FN4O2S/c1-4-26-20(16-7-9-17(28-3)10-8-16)24-25-21(26)29-13-19(27)23-12-15-6-5-14(2)18(22)11-15/h5-11H,4,12-13H2,1-3H3,(H,23,27). The van der Waals surface area contributed by atoms with Crippen molar-refractivity contribution in [2.24, 2.45) is 0 Å². The molecule has 0 radical (unpaired) electrons. The molecule has 2 aromatic carbocycles. The van der Waals surface area contributed by atoms with Gasteiger partial charge in [-0.05, 0) is 55.3 Å². The monoisotopic (exact) mass is 414 g/mol. The van der Waals surface area contributed by atoms with Crippen LogP contribution in [0.5, 0.6) is 5.75 Å². The molecule has 0 saturated heterocycles. The van der Waals surface area contributed by atoms with Gasteiger partial charge in [-0.3, -0.25) is 4.79 Å². The summed E-state index contributed by atoms with van der Waals surface area (Å²) in [6.45, 7) is 4.68. The van der Waals surface area contributed by atoms with Crippen LogP contribution in [0, 0.1) is 12.7 Å². The number of hydrogen-bond acceptors (Lipinski definition) is 5. The van der Waals surface area contributed by atoms with Gasteiger partial charge in [-0.25, -0.2) is 4.39 Å². The van der Waals surface area contributed by atoms with Crippen molar-refractivity contribution in [3.63, 3.8) is 0 Å². The van der Waals surface area contributed by atoms with E-state index in [1.54, 1.807) is 26.2 Å². The quantitative estimate of drug-likeness (QED) is 0.568. The number of aryl methyl sites for hydroxylation is 1. The molecule has 0 aliphatic rings. The lowest BCUT2D eigenvalue weighted by Gasteiger charge is -2.09. The van der Waals surface area contributed by atoms with E-state index in [9.17, 15) is 9.18 Å². The lowest BCUT2D eigenvalue weighted by atomic mass is 10.1. The fourth-order valence-corrected chi connectivity index (χ4v) is 3.59. The summed E-state index contributed by atoms with van der Waals surface area (Å²) in [7, 11) is 1.62. The van der Waals surface area contributed by atoms with Crippen LogP contribution in [-0.2, 0) is 17.9 Å². The molecule has 152 valence electrons. The zero-order chi connectivity index (χ0) is 20.8. The molecule has 0 saturated carbocycles. The first-order valence-electron chi connectivity index (χ1n) is 9.24. The first-order valence-corrected chi connectivity index (χ1v) is 10.2. The topological polar surface area (TPSA) is 69.0 Å². The maximum atomic E-state index is 13.6. The van der Waals surface area contributed by atoms with Gasteiger partial charge in [0, 0.05) is 18.7 Å². The highest BCUT2D eigenvalue weighted by atomic mass is 32.2. The highest BCUT2D eigenvalue weighted by Crippen LogP contribution is 2.25. The van der Waals surface area contributed by atoms with Gasteiger partial charge in [0.1, 0.15) is 11.6 Å². The third-order valence-electron chi connectivity index (χ3n) is 4.44. The Kier molecular flexibility index (Phi) is 6.87. The largest absolute Gasteiger partial charge is 0.497 e. The molecule has 6 nitrogen and oxygen atoms in total. The predicted molar refractivity (Wildman–Crippen MR) is 111 cm³/mol. The number of aromatic nitrogens is 3. The van der Waals surface area contributed by atoms with E-state index in [-0.39, 0.29) is 24.0 Å². The first-order chi connectivity index (χ1) is 14.0. The van der Waals surface area contributed by atoms with Gasteiger partial charge in [-0.15, -0.1) is 10.2 Å². The fraction of sp³-hybridized carbons (Fsp3) is 0.286. The Labute approximate surface area is 173 Å². The van der Waals surface area contributed by atoms with E-state index < -0.39 is 0 Å². The highest BCUT2D eigenvalue weighted by Gasteiger charge is 2.14. The van der Waals surface area contributed by atoms with E-state index in [4.69, 9.17) is 4.74 Å². The Balaban J connectivity index is 1.60. The van der Waals surface area contributed by atoms with Crippen molar-refractivity contribution in [1.82, 2.24) is 20.1 Å². The van der Waals surface area contributed by atoms with Gasteiger partial charge < -0.3 is 14.6 Å². The number of halogens is 1. The average Bonchev–Trinajstić information content (AvgIpc) is 3.16. The Morgan fingerprint density at radius 2 is 1.97 bits per heavy atom. The molecule has 1 heterocycles. The Morgan fingerprint density at radius 3 is 2.62 bits per heavy atom. The first kappa shape index (κ1) is 20.9. The lowest BCUT2D eigenvalue weighted by Crippen LogP contribution is -2.24. The lowest BCUT2D eigenvalue weighted by molar-refractivity contribution is -0.118. The van der Waals surface area contributed by atoms with Crippen LogP contribution in [0.15, 0.2) is 47.6 Å². The zero-order valence-corrected chi connectivity index (χ0v) is 17.4. The van der Waals surface area contributed by atoms with E-state index in [1.165, 1.54) is 17.8 Å². The number of nitrogens with zero attached hydrogens (tertiary/aromatic N) is 3. The summed E-state index contributed by atoms with van der Waals surface area (Å²) >= 11 is 1.32. The van der Waals surface area contributed by atoms with Gasteiger partial charge in [0.2, 0.25) is 5.91 Å². The molecule has 0 fully saturated rings. The van der Waals surface area contributed by atoms with Gasteiger partial charge in [-0.1, -0.05) is 23.9 Å². The van der Waals surface area contributed by atoms with Crippen LogP contribution in [0.4, 0.5) is 4.39 Å². The number of nitrogens with one attached hydrogen (secondary N) is 1. The average molecular weight is 415 g/mol. The van der Waals surface area contributed by atoms with Crippen molar-refractivity contribution >= 4 is 17.7 Å². The number of hydrogen-bond donors (Lipinski definition) is 1. The van der Waals surface area contributed by atoms with Crippen molar-refractivity contribution in [3.8, 4) is 17.1 Å². The molecule has 8 heteroatoms. The van der Waals surface area contributed by atoms with Crippen LogP contribution in [0.1, 0.15) is 18.1 Å². The molecule has 3 aromatic rings. The van der Waals surface area contributed by atoms with Crippen LogP contribution in [0.25, 0.3) is 11.4 Å². The summed E-state index contributed by atoms with van der Waals surface area (Å²) in [6, 6.07) is 12.6. The highest BCUT2D eigenvalue weighted by molar-refractivity contribution is 7.99. The summed E-state index contributed by atoms with van der Waals surface area (Å²) in [5, 5.41) is 12.0. The van der Waals surface area contributed by atoms with E-state index in [0.717, 1.165) is 22.7 Å². The van der Waals surface area contributed by atoms with E-state index in [0.29, 0.717) is 17.3 Å². The zero-order valence-electron chi connectivity index (χ0n) is 16.6. The molecular weight excluding hydrogens is 391 g/mol. The third kappa shape index (κ3) is 5.14. The minimum atomic E-state index is -0.270. The fourth-order valence-electron chi connectivity index (χ4n) is 2.76. The van der Waals surface area contributed by atoms with Crippen LogP contribution >= 0.6 is 11.8 Å². The predicted octanol–water partition coefficient (Wildman–Crippen LogP) is 3.83. The van der Waals surface area contributed by atoms with Gasteiger partial charge in [-0.2, -0.15) is 0 Å². The van der Waals surface area contributed by atoms with Crippen molar-refractivity contribution in [2.45, 2.75) is 32.1 Å². The molecule has 0 spiro atoms. The molecule has 1 N–H and O–H groups in total. The molecule has 0 atom stereocenters. The molecule has 0 unspecified atom stereocenters. The second-order valence-corrected chi connectivity index (χ2v) is 7.37. The van der Waals surface area contributed by atoms with Gasteiger partial charge in [0.15, 0.2) is 11.0 Å². The van der Waals surface area contributed by atoms with E-state index >= 15 is 0 Å².